The van der Waals surface area contributed by atoms with Crippen molar-refractivity contribution in [2.24, 2.45) is 11.7 Å². The largest absolute Gasteiger partial charge is 0.330 e. The van der Waals surface area contributed by atoms with Gasteiger partial charge in [-0.3, -0.25) is 0 Å². The van der Waals surface area contributed by atoms with E-state index in [1.54, 1.807) is 0 Å². The van der Waals surface area contributed by atoms with Crippen molar-refractivity contribution in [2.75, 3.05) is 26.2 Å². The van der Waals surface area contributed by atoms with E-state index >= 15 is 0 Å². The molecule has 0 bridgehead atoms. The minimum absolute atomic E-state index is 0.734. The average molecular weight is 198 g/mol. The summed E-state index contributed by atoms with van der Waals surface area (Å²) in [7, 11) is 0. The second kappa shape index (κ2) is 7.24. The van der Waals surface area contributed by atoms with Crippen molar-refractivity contribution in [3.8, 4) is 0 Å². The Labute approximate surface area is 88.8 Å². The molecule has 0 aromatic rings. The Bertz CT molecular complexity index is 128. The predicted molar refractivity (Wildman–Crippen MR) is 62.4 cm³/mol. The van der Waals surface area contributed by atoms with Crippen molar-refractivity contribution >= 4 is 0 Å². The van der Waals surface area contributed by atoms with Gasteiger partial charge in [0, 0.05) is 6.54 Å². The van der Waals surface area contributed by atoms with Crippen molar-refractivity contribution < 1.29 is 0 Å². The average Bonchev–Trinajstić information content (AvgIpc) is 2.45. The molecule has 2 nitrogen and oxygen atoms in total. The van der Waals surface area contributed by atoms with E-state index in [1.807, 2.05) is 0 Å². The van der Waals surface area contributed by atoms with E-state index in [4.69, 9.17) is 5.73 Å². The van der Waals surface area contributed by atoms with Crippen LogP contribution >= 0.6 is 0 Å². The Balaban J connectivity index is 2.24. The molecule has 0 spiro atoms. The van der Waals surface area contributed by atoms with Crippen LogP contribution in [0, 0.1) is 5.92 Å². The van der Waals surface area contributed by atoms with Crippen LogP contribution in [-0.2, 0) is 0 Å². The van der Waals surface area contributed by atoms with Gasteiger partial charge in [0.15, 0.2) is 0 Å². The van der Waals surface area contributed by atoms with E-state index in [9.17, 15) is 0 Å². The number of nitrogens with zero attached hydrogens (tertiary/aromatic N) is 1. The van der Waals surface area contributed by atoms with Crippen LogP contribution in [0.25, 0.3) is 0 Å². The van der Waals surface area contributed by atoms with E-state index < -0.39 is 0 Å². The van der Waals surface area contributed by atoms with Gasteiger partial charge < -0.3 is 10.6 Å². The Morgan fingerprint density at radius 2 is 1.79 bits per heavy atom. The van der Waals surface area contributed by atoms with Crippen LogP contribution in [0.2, 0.25) is 0 Å². The van der Waals surface area contributed by atoms with Crippen LogP contribution in [0.1, 0.15) is 45.4 Å². The number of hydrogen-bond acceptors (Lipinski definition) is 2. The first-order valence-electron chi connectivity index (χ1n) is 6.29. The van der Waals surface area contributed by atoms with E-state index in [0.29, 0.717) is 0 Å². The van der Waals surface area contributed by atoms with Crippen molar-refractivity contribution in [1.29, 1.82) is 0 Å². The highest BCUT2D eigenvalue weighted by molar-refractivity contribution is 4.69. The van der Waals surface area contributed by atoms with Gasteiger partial charge in [-0.1, -0.05) is 26.2 Å². The van der Waals surface area contributed by atoms with Crippen molar-refractivity contribution in [2.45, 2.75) is 45.4 Å². The molecule has 1 aliphatic rings. The third kappa shape index (κ3) is 4.43. The molecule has 84 valence electrons. The molecule has 1 saturated heterocycles. The molecular weight excluding hydrogens is 172 g/mol. The summed E-state index contributed by atoms with van der Waals surface area (Å²) in [5.41, 5.74) is 5.79. The highest BCUT2D eigenvalue weighted by atomic mass is 15.1. The van der Waals surface area contributed by atoms with E-state index in [-0.39, 0.29) is 0 Å². The molecule has 14 heavy (non-hydrogen) atoms. The highest BCUT2D eigenvalue weighted by Gasteiger charge is 2.13. The lowest BCUT2D eigenvalue weighted by Crippen LogP contribution is -2.33. The van der Waals surface area contributed by atoms with Crippen LogP contribution in [-0.4, -0.2) is 31.1 Å². The molecule has 0 radical (unpaired) electrons. The van der Waals surface area contributed by atoms with Gasteiger partial charge >= 0.3 is 0 Å². The van der Waals surface area contributed by atoms with Crippen LogP contribution in [0.3, 0.4) is 0 Å². The summed E-state index contributed by atoms with van der Waals surface area (Å²) in [5.74, 6) is 0.734. The lowest BCUT2D eigenvalue weighted by atomic mass is 10.0. The Morgan fingerprint density at radius 3 is 2.29 bits per heavy atom. The first-order chi connectivity index (χ1) is 6.86. The zero-order valence-electron chi connectivity index (χ0n) is 9.67. The van der Waals surface area contributed by atoms with E-state index in [1.165, 1.54) is 58.2 Å². The quantitative estimate of drug-likeness (QED) is 0.734. The second-order valence-electron chi connectivity index (χ2n) is 4.61. The summed E-state index contributed by atoms with van der Waals surface area (Å²) < 4.78 is 0. The second-order valence-corrected chi connectivity index (χ2v) is 4.61. The first-order valence-corrected chi connectivity index (χ1v) is 6.29. The Kier molecular flexibility index (Phi) is 6.20. The number of rotatable bonds is 5. The van der Waals surface area contributed by atoms with E-state index in [2.05, 4.69) is 11.8 Å². The number of nitrogens with two attached hydrogens (primary N) is 1. The van der Waals surface area contributed by atoms with Gasteiger partial charge in [0.1, 0.15) is 0 Å². The molecule has 1 unspecified atom stereocenters. The minimum atomic E-state index is 0.734. The molecule has 1 atom stereocenters. The van der Waals surface area contributed by atoms with Crippen molar-refractivity contribution in [1.82, 2.24) is 4.90 Å². The first kappa shape index (κ1) is 12.0. The molecule has 0 aromatic carbocycles. The van der Waals surface area contributed by atoms with Crippen LogP contribution in [0.4, 0.5) is 0 Å². The molecule has 0 saturated carbocycles. The molecule has 1 heterocycles. The molecule has 1 aliphatic heterocycles. The maximum Gasteiger partial charge on any atom is 0.00217 e. The molecular formula is C12H26N2. The van der Waals surface area contributed by atoms with Gasteiger partial charge in [0.2, 0.25) is 0 Å². The lowest BCUT2D eigenvalue weighted by molar-refractivity contribution is 0.234. The normalized spacial score (nSPS) is 21.9. The summed E-state index contributed by atoms with van der Waals surface area (Å²) in [5, 5.41) is 0. The minimum Gasteiger partial charge on any atom is -0.330 e. The van der Waals surface area contributed by atoms with Gasteiger partial charge in [0.25, 0.3) is 0 Å². The standard InChI is InChI=1S/C12H26N2/c1-2-7-12(10-13)11-14-8-5-3-4-6-9-14/h12H,2-11,13H2,1H3. The summed E-state index contributed by atoms with van der Waals surface area (Å²) in [6, 6.07) is 0. The molecule has 1 fully saturated rings. The van der Waals surface area contributed by atoms with Crippen LogP contribution in [0.5, 0.6) is 0 Å². The number of hydrogen-bond donors (Lipinski definition) is 1. The molecule has 0 aliphatic carbocycles. The summed E-state index contributed by atoms with van der Waals surface area (Å²) in [6.45, 7) is 6.97. The third-order valence-corrected chi connectivity index (χ3v) is 3.25. The summed E-state index contributed by atoms with van der Waals surface area (Å²) in [4.78, 5) is 2.63. The molecule has 2 N–H and O–H groups in total. The molecule has 0 amide bonds. The van der Waals surface area contributed by atoms with Gasteiger partial charge in [-0.15, -0.1) is 0 Å². The fourth-order valence-corrected chi connectivity index (χ4v) is 2.38. The molecule has 2 heteroatoms. The zero-order valence-corrected chi connectivity index (χ0v) is 9.67. The van der Waals surface area contributed by atoms with Crippen LogP contribution in [0.15, 0.2) is 0 Å². The van der Waals surface area contributed by atoms with Crippen molar-refractivity contribution in [3.63, 3.8) is 0 Å². The molecule has 0 aromatic heterocycles. The third-order valence-electron chi connectivity index (χ3n) is 3.25. The summed E-state index contributed by atoms with van der Waals surface area (Å²) >= 11 is 0. The fraction of sp³-hybridized carbons (Fsp3) is 1.00. The monoisotopic (exact) mass is 198 g/mol. The zero-order chi connectivity index (χ0) is 10.2. The Hall–Kier alpha value is -0.0800. The summed E-state index contributed by atoms with van der Waals surface area (Å²) in [6.07, 6.45) is 8.21. The van der Waals surface area contributed by atoms with E-state index in [0.717, 1.165) is 12.5 Å². The fourth-order valence-electron chi connectivity index (χ4n) is 2.38. The van der Waals surface area contributed by atoms with Crippen molar-refractivity contribution in [3.05, 3.63) is 0 Å². The molecule has 1 rings (SSSR count). The lowest BCUT2D eigenvalue weighted by Gasteiger charge is -2.25. The Morgan fingerprint density at radius 1 is 1.14 bits per heavy atom. The van der Waals surface area contributed by atoms with Crippen LogP contribution < -0.4 is 5.73 Å². The van der Waals surface area contributed by atoms with Gasteiger partial charge in [-0.2, -0.15) is 0 Å². The van der Waals surface area contributed by atoms with Gasteiger partial charge in [-0.25, -0.2) is 0 Å². The van der Waals surface area contributed by atoms with Gasteiger partial charge in [0.05, 0.1) is 0 Å². The maximum absolute atomic E-state index is 5.79. The SMILES string of the molecule is CCCC(CN)CN1CCCCCC1. The van der Waals surface area contributed by atoms with Gasteiger partial charge in [-0.05, 0) is 44.8 Å². The smallest absolute Gasteiger partial charge is 0.00217 e. The highest BCUT2D eigenvalue weighted by Crippen LogP contribution is 2.13. The maximum atomic E-state index is 5.79. The number of likely N-dealkylation sites (tertiary alicyclic amines) is 1. The predicted octanol–water partition coefficient (Wildman–Crippen LogP) is 2.24. The topological polar surface area (TPSA) is 29.3 Å².